The van der Waals surface area contributed by atoms with Gasteiger partial charge in [-0.25, -0.2) is 0 Å². The van der Waals surface area contributed by atoms with E-state index in [2.05, 4.69) is 41.5 Å². The molecule has 0 aliphatic heterocycles. The van der Waals surface area contributed by atoms with E-state index in [1.807, 2.05) is 56.3 Å². The summed E-state index contributed by atoms with van der Waals surface area (Å²) in [5.41, 5.74) is 1.06. The van der Waals surface area contributed by atoms with Crippen LogP contribution in [0.4, 0.5) is 36.4 Å². The first kappa shape index (κ1) is 37.8. The Morgan fingerprint density at radius 3 is 2.17 bits per heavy atom. The predicted molar refractivity (Wildman–Crippen MR) is 199 cm³/mol. The molecule has 1 saturated carbocycles. The maximum atomic E-state index is 13.0. The van der Waals surface area contributed by atoms with Crippen molar-refractivity contribution < 1.29 is 32.3 Å². The number of hydrogen-bond acceptors (Lipinski definition) is 9. The van der Waals surface area contributed by atoms with E-state index in [9.17, 15) is 27.6 Å². The quantitative estimate of drug-likeness (QED) is 0.0799. The minimum Gasteiger partial charge on any atom is -0.454 e. The van der Waals surface area contributed by atoms with Gasteiger partial charge < -0.3 is 31.3 Å². The van der Waals surface area contributed by atoms with Gasteiger partial charge in [0.25, 0.3) is 5.91 Å². The summed E-state index contributed by atoms with van der Waals surface area (Å²) in [6.07, 6.45) is -3.13. The van der Waals surface area contributed by atoms with Crippen LogP contribution in [0.15, 0.2) is 91.0 Å². The predicted octanol–water partition coefficient (Wildman–Crippen LogP) is 6.98. The van der Waals surface area contributed by atoms with Crippen molar-refractivity contribution >= 4 is 63.4 Å². The molecule has 0 unspecified atom stereocenters. The highest BCUT2D eigenvalue weighted by molar-refractivity contribution is 6.40. The second kappa shape index (κ2) is 15.6. The average molecular weight is 761 g/mol. The largest absolute Gasteiger partial charge is 0.454 e. The van der Waals surface area contributed by atoms with E-state index in [4.69, 9.17) is 16.3 Å². The van der Waals surface area contributed by atoms with Gasteiger partial charge in [-0.1, -0.05) is 74.0 Å². The van der Waals surface area contributed by atoms with Crippen LogP contribution in [0, 0.1) is 5.41 Å². The molecule has 0 radical (unpaired) electrons. The van der Waals surface area contributed by atoms with E-state index in [0.717, 1.165) is 29.2 Å². The maximum absolute atomic E-state index is 13.0. The van der Waals surface area contributed by atoms with Gasteiger partial charge in [0.1, 0.15) is 0 Å². The second-order valence-electron chi connectivity index (χ2n) is 13.6. The summed E-state index contributed by atoms with van der Waals surface area (Å²) in [4.78, 5) is 50.7. The lowest BCUT2D eigenvalue weighted by atomic mass is 9.93. The zero-order valence-corrected chi connectivity index (χ0v) is 29.9. The van der Waals surface area contributed by atoms with Crippen molar-refractivity contribution in [2.75, 3.05) is 35.6 Å². The second-order valence-corrected chi connectivity index (χ2v) is 14.0. The van der Waals surface area contributed by atoms with Crippen molar-refractivity contribution in [1.29, 1.82) is 0 Å². The molecule has 0 spiro atoms. The molecular formula is C38H36ClF3N8O4. The zero-order valence-electron chi connectivity index (χ0n) is 29.2. The van der Waals surface area contributed by atoms with E-state index in [1.54, 1.807) is 48.5 Å². The highest BCUT2D eigenvalue weighted by Crippen LogP contribution is 2.48. The Morgan fingerprint density at radius 1 is 0.796 bits per heavy atom. The number of carbonyl (C=O) groups is 3. The maximum Gasteiger partial charge on any atom is 0.422 e. The molecule has 1 heterocycles. The number of anilines is 4. The molecule has 16 heteroatoms. The molecule has 12 nitrogen and oxygen atoms in total. The smallest absolute Gasteiger partial charge is 0.422 e. The number of halogens is 4. The van der Waals surface area contributed by atoms with Crippen LogP contribution < -0.4 is 31.3 Å². The molecule has 3 amide bonds. The highest BCUT2D eigenvalue weighted by atomic mass is 35.5. The number of nitrogens with zero attached hydrogens (tertiary/aromatic N) is 3. The number of benzene rings is 4. The number of amides is 3. The van der Waals surface area contributed by atoms with Crippen molar-refractivity contribution in [1.82, 2.24) is 25.6 Å². The van der Waals surface area contributed by atoms with Crippen LogP contribution in [-0.4, -0.2) is 58.5 Å². The number of aromatic nitrogens is 3. The molecule has 5 N–H and O–H groups in total. The molecule has 280 valence electrons. The molecule has 6 rings (SSSR count). The number of nitrogens with one attached hydrogen (secondary N) is 5. The number of fused-ring (bicyclic) bond motifs is 1. The van der Waals surface area contributed by atoms with Gasteiger partial charge >= 0.3 is 24.0 Å². The normalized spacial score (nSPS) is 13.4. The summed E-state index contributed by atoms with van der Waals surface area (Å²) in [6.45, 7) is 2.35. The van der Waals surface area contributed by atoms with Gasteiger partial charge in [0.15, 0.2) is 6.61 Å². The van der Waals surface area contributed by atoms with Crippen LogP contribution in [-0.2, 0) is 15.1 Å². The van der Waals surface area contributed by atoms with Crippen molar-refractivity contribution in [3.63, 3.8) is 0 Å². The molecule has 0 atom stereocenters. The molecule has 0 saturated heterocycles. The average Bonchev–Trinajstić information content (AvgIpc) is 3.92. The van der Waals surface area contributed by atoms with Crippen molar-refractivity contribution in [3.05, 3.63) is 107 Å². The Bertz CT molecular complexity index is 2160. The Balaban J connectivity index is 1.04. The van der Waals surface area contributed by atoms with Crippen LogP contribution in [0.5, 0.6) is 6.01 Å². The summed E-state index contributed by atoms with van der Waals surface area (Å²) < 4.78 is 43.7. The van der Waals surface area contributed by atoms with Crippen LogP contribution in [0.1, 0.15) is 42.6 Å². The summed E-state index contributed by atoms with van der Waals surface area (Å²) in [6, 6.07) is 25.8. The third-order valence-electron chi connectivity index (χ3n) is 8.58. The summed E-state index contributed by atoms with van der Waals surface area (Å²) in [5.74, 6) is -2.07. The van der Waals surface area contributed by atoms with Gasteiger partial charge in [-0.3, -0.25) is 14.4 Å². The number of alkyl halides is 3. The molecule has 0 bridgehead atoms. The SMILES string of the molecule is CC(C)(CNC(=O)C(=O)Nc1cccc2ccccc12)CNC(=O)c1ccc(Nc2nc(NC3(c4ccc(Cl)cc4)CC3)nc(OCC(F)(F)F)n2)cc1. The van der Waals surface area contributed by atoms with E-state index < -0.39 is 41.6 Å². The summed E-state index contributed by atoms with van der Waals surface area (Å²) in [5, 5.41) is 16.6. The lowest BCUT2D eigenvalue weighted by Gasteiger charge is -2.25. The van der Waals surface area contributed by atoms with Gasteiger partial charge in [0.2, 0.25) is 11.9 Å². The van der Waals surface area contributed by atoms with Crippen LogP contribution >= 0.6 is 11.6 Å². The Kier molecular flexibility index (Phi) is 10.9. The number of carbonyl (C=O) groups excluding carboxylic acids is 3. The lowest BCUT2D eigenvalue weighted by molar-refractivity contribution is -0.154. The van der Waals surface area contributed by atoms with Crippen molar-refractivity contribution in [2.45, 2.75) is 38.4 Å². The first-order chi connectivity index (χ1) is 25.7. The Hall–Kier alpha value is -5.96. The van der Waals surface area contributed by atoms with Gasteiger partial charge in [-0.05, 0) is 71.7 Å². The fraction of sp³-hybridized carbons (Fsp3) is 0.263. The third kappa shape index (κ3) is 9.92. The van der Waals surface area contributed by atoms with Crippen LogP contribution in [0.25, 0.3) is 10.8 Å². The van der Waals surface area contributed by atoms with E-state index in [0.29, 0.717) is 22.0 Å². The molecule has 1 fully saturated rings. The third-order valence-corrected chi connectivity index (χ3v) is 8.83. The van der Waals surface area contributed by atoms with Gasteiger partial charge in [-0.2, -0.15) is 28.1 Å². The topological polar surface area (TPSA) is 159 Å². The summed E-state index contributed by atoms with van der Waals surface area (Å²) >= 11 is 6.04. The number of rotatable bonds is 13. The fourth-order valence-corrected chi connectivity index (χ4v) is 5.63. The highest BCUT2D eigenvalue weighted by Gasteiger charge is 2.45. The first-order valence-corrected chi connectivity index (χ1v) is 17.3. The minimum absolute atomic E-state index is 0.0115. The number of ether oxygens (including phenoxy) is 1. The van der Waals surface area contributed by atoms with Crippen molar-refractivity contribution in [2.24, 2.45) is 5.41 Å². The van der Waals surface area contributed by atoms with Gasteiger partial charge in [0, 0.05) is 40.4 Å². The molecule has 54 heavy (non-hydrogen) atoms. The van der Waals surface area contributed by atoms with Crippen LogP contribution in [0.3, 0.4) is 0 Å². The molecule has 5 aromatic rings. The van der Waals surface area contributed by atoms with Crippen LogP contribution in [0.2, 0.25) is 5.02 Å². The van der Waals surface area contributed by atoms with E-state index in [1.165, 1.54) is 0 Å². The molecule has 1 aliphatic rings. The fourth-order valence-electron chi connectivity index (χ4n) is 5.50. The first-order valence-electron chi connectivity index (χ1n) is 16.9. The van der Waals surface area contributed by atoms with E-state index in [-0.39, 0.29) is 30.9 Å². The van der Waals surface area contributed by atoms with E-state index >= 15 is 0 Å². The van der Waals surface area contributed by atoms with Gasteiger partial charge in [0.05, 0.1) is 5.54 Å². The van der Waals surface area contributed by atoms with Crippen molar-refractivity contribution in [3.8, 4) is 6.01 Å². The molecule has 1 aromatic heterocycles. The Morgan fingerprint density at radius 2 is 1.46 bits per heavy atom. The lowest BCUT2D eigenvalue weighted by Crippen LogP contribution is -2.45. The summed E-state index contributed by atoms with van der Waals surface area (Å²) in [7, 11) is 0. The molecular weight excluding hydrogens is 725 g/mol. The molecule has 4 aromatic carbocycles. The van der Waals surface area contributed by atoms with Gasteiger partial charge in [-0.15, -0.1) is 0 Å². The number of hydrogen-bond donors (Lipinski definition) is 5. The Labute approximate surface area is 313 Å². The monoisotopic (exact) mass is 760 g/mol. The minimum atomic E-state index is -4.61. The molecule has 1 aliphatic carbocycles. The zero-order chi connectivity index (χ0) is 38.5. The standard InChI is InChI=1S/C38H36ClF3N8O4/c1-36(2,21-44-31(52)32(53)46-29-9-5-7-23-6-3-4-8-28(23)29)20-43-30(51)24-10-16-27(17-11-24)45-33-47-34(49-35(48-33)54-22-38(40,41)42)50-37(18-19-37)25-12-14-26(39)15-13-25/h3-17H,18-22H2,1-2H3,(H,43,51)(H,44,52)(H,46,53)(H2,45,47,48,49,50).